The predicted octanol–water partition coefficient (Wildman–Crippen LogP) is 4.52. The number of nitrogen functional groups attached to an aromatic ring is 1. The first-order chi connectivity index (χ1) is 8.00. The van der Waals surface area contributed by atoms with Crippen molar-refractivity contribution >= 4 is 57.6 Å². The van der Waals surface area contributed by atoms with E-state index in [0.29, 0.717) is 25.5 Å². The van der Waals surface area contributed by atoms with Gasteiger partial charge in [0.25, 0.3) is 0 Å². The Bertz CT molecular complexity index is 594. The first-order valence-corrected chi connectivity index (χ1v) is 6.49. The summed E-state index contributed by atoms with van der Waals surface area (Å²) >= 11 is 18.8. The number of nitrogens with two attached hydrogens (primary N) is 1. The summed E-state index contributed by atoms with van der Waals surface area (Å²) in [5, 5.41) is 0.232. The highest BCUT2D eigenvalue weighted by Crippen LogP contribution is 2.34. The smallest absolute Gasteiger partial charge is 0.197 e. The standard InChI is InChI=1S/C11H6Cl3NOS/c12-8-4-6(11(14)17-8)10(16)5-2-1-3-7(15)9(5)13/h1-4H,15H2. The number of carbonyl (C=O) groups excluding carboxylic acids is 1. The normalized spacial score (nSPS) is 10.5. The van der Waals surface area contributed by atoms with Crippen molar-refractivity contribution in [2.45, 2.75) is 0 Å². The lowest BCUT2D eigenvalue weighted by Gasteiger charge is -2.04. The van der Waals surface area contributed by atoms with Crippen LogP contribution in [-0.2, 0) is 0 Å². The zero-order valence-corrected chi connectivity index (χ0v) is 11.4. The topological polar surface area (TPSA) is 43.1 Å². The number of benzene rings is 1. The van der Waals surface area contributed by atoms with E-state index in [4.69, 9.17) is 40.5 Å². The van der Waals surface area contributed by atoms with Crippen molar-refractivity contribution in [2.24, 2.45) is 0 Å². The number of carbonyl (C=O) groups is 1. The van der Waals surface area contributed by atoms with Crippen molar-refractivity contribution in [2.75, 3.05) is 5.73 Å². The molecule has 0 spiro atoms. The number of hydrogen-bond donors (Lipinski definition) is 1. The minimum atomic E-state index is -0.282. The molecule has 1 aromatic heterocycles. The maximum atomic E-state index is 12.2. The Balaban J connectivity index is 2.51. The molecule has 2 nitrogen and oxygen atoms in total. The van der Waals surface area contributed by atoms with Crippen molar-refractivity contribution < 1.29 is 4.79 Å². The Morgan fingerprint density at radius 1 is 1.18 bits per heavy atom. The van der Waals surface area contributed by atoms with E-state index in [1.165, 1.54) is 6.07 Å². The Labute approximate surface area is 117 Å². The molecule has 0 aliphatic carbocycles. The maximum absolute atomic E-state index is 12.2. The first kappa shape index (κ1) is 12.7. The van der Waals surface area contributed by atoms with Crippen LogP contribution in [0.2, 0.25) is 13.7 Å². The Morgan fingerprint density at radius 3 is 2.47 bits per heavy atom. The summed E-state index contributed by atoms with van der Waals surface area (Å²) in [4.78, 5) is 12.2. The average Bonchev–Trinajstić information content (AvgIpc) is 2.61. The van der Waals surface area contributed by atoms with Crippen LogP contribution in [0.15, 0.2) is 24.3 Å². The van der Waals surface area contributed by atoms with Crippen molar-refractivity contribution in [3.05, 3.63) is 49.1 Å². The molecule has 0 radical (unpaired) electrons. The van der Waals surface area contributed by atoms with E-state index in [2.05, 4.69) is 0 Å². The van der Waals surface area contributed by atoms with Gasteiger partial charge in [0.1, 0.15) is 4.34 Å². The maximum Gasteiger partial charge on any atom is 0.197 e. The van der Waals surface area contributed by atoms with Crippen molar-refractivity contribution in [1.29, 1.82) is 0 Å². The van der Waals surface area contributed by atoms with E-state index in [1.807, 2.05) is 0 Å². The molecule has 1 aromatic carbocycles. The monoisotopic (exact) mass is 305 g/mol. The van der Waals surface area contributed by atoms with E-state index >= 15 is 0 Å². The van der Waals surface area contributed by atoms with Crippen molar-refractivity contribution in [3.8, 4) is 0 Å². The fraction of sp³-hybridized carbons (Fsp3) is 0. The van der Waals surface area contributed by atoms with Crippen LogP contribution >= 0.6 is 46.1 Å². The van der Waals surface area contributed by atoms with E-state index in [0.717, 1.165) is 11.3 Å². The molecule has 0 saturated carbocycles. The van der Waals surface area contributed by atoms with Crippen LogP contribution in [0.4, 0.5) is 5.69 Å². The number of thiophene rings is 1. The van der Waals surface area contributed by atoms with Crippen LogP contribution < -0.4 is 5.73 Å². The molecule has 1 heterocycles. The second-order valence-corrected chi connectivity index (χ2v) is 5.94. The van der Waals surface area contributed by atoms with E-state index in [-0.39, 0.29) is 10.8 Å². The number of ketones is 1. The molecular formula is C11H6Cl3NOS. The van der Waals surface area contributed by atoms with Gasteiger partial charge in [0, 0.05) is 5.56 Å². The second-order valence-electron chi connectivity index (χ2n) is 3.28. The number of anilines is 1. The molecule has 0 unspecified atom stereocenters. The minimum absolute atomic E-state index is 0.232. The lowest BCUT2D eigenvalue weighted by Crippen LogP contribution is -2.02. The lowest BCUT2D eigenvalue weighted by molar-refractivity contribution is 0.103. The molecule has 17 heavy (non-hydrogen) atoms. The Kier molecular flexibility index (Phi) is 3.64. The number of rotatable bonds is 2. The van der Waals surface area contributed by atoms with E-state index in [1.54, 1.807) is 18.2 Å². The molecule has 2 rings (SSSR count). The third-order valence-corrected chi connectivity index (χ3v) is 4.08. The summed E-state index contributed by atoms with van der Waals surface area (Å²) in [6, 6.07) is 6.41. The summed E-state index contributed by atoms with van der Waals surface area (Å²) in [7, 11) is 0. The minimum Gasteiger partial charge on any atom is -0.398 e. The Morgan fingerprint density at radius 2 is 1.88 bits per heavy atom. The molecule has 0 aliphatic rings. The van der Waals surface area contributed by atoms with Gasteiger partial charge in [0.15, 0.2) is 5.78 Å². The van der Waals surface area contributed by atoms with Crippen molar-refractivity contribution in [1.82, 2.24) is 0 Å². The SMILES string of the molecule is Nc1cccc(C(=O)c2cc(Cl)sc2Cl)c1Cl. The summed E-state index contributed by atoms with van der Waals surface area (Å²) < 4.78 is 0.803. The highest BCUT2D eigenvalue weighted by molar-refractivity contribution is 7.20. The van der Waals surface area contributed by atoms with Gasteiger partial charge >= 0.3 is 0 Å². The fourth-order valence-corrected chi connectivity index (χ4v) is 3.04. The molecule has 2 aromatic rings. The zero-order chi connectivity index (χ0) is 12.6. The average molecular weight is 307 g/mol. The van der Waals surface area contributed by atoms with Crippen LogP contribution in [0.5, 0.6) is 0 Å². The molecule has 0 atom stereocenters. The molecule has 6 heteroatoms. The quantitative estimate of drug-likeness (QED) is 0.654. The van der Waals surface area contributed by atoms with Crippen LogP contribution in [-0.4, -0.2) is 5.78 Å². The summed E-state index contributed by atoms with van der Waals surface area (Å²) in [5.74, 6) is -0.282. The van der Waals surface area contributed by atoms with Crippen LogP contribution in [0.1, 0.15) is 15.9 Å². The molecule has 0 saturated heterocycles. The zero-order valence-electron chi connectivity index (χ0n) is 8.34. The van der Waals surface area contributed by atoms with Gasteiger partial charge in [-0.2, -0.15) is 0 Å². The third kappa shape index (κ3) is 2.43. The highest BCUT2D eigenvalue weighted by Gasteiger charge is 2.19. The molecule has 2 N–H and O–H groups in total. The van der Waals surface area contributed by atoms with Gasteiger partial charge in [0.05, 0.1) is 20.6 Å². The fourth-order valence-electron chi connectivity index (χ4n) is 1.37. The van der Waals surface area contributed by atoms with Gasteiger partial charge in [0.2, 0.25) is 0 Å². The van der Waals surface area contributed by atoms with E-state index in [9.17, 15) is 4.79 Å². The van der Waals surface area contributed by atoms with Crippen LogP contribution in [0.25, 0.3) is 0 Å². The Hall–Kier alpha value is -0.740. The molecule has 0 fully saturated rings. The van der Waals surface area contributed by atoms with Crippen LogP contribution in [0, 0.1) is 0 Å². The van der Waals surface area contributed by atoms with Crippen LogP contribution in [0.3, 0.4) is 0 Å². The molecule has 0 bridgehead atoms. The predicted molar refractivity (Wildman–Crippen MR) is 73.6 cm³/mol. The second kappa shape index (κ2) is 4.86. The summed E-state index contributed by atoms with van der Waals surface area (Å²) in [5.41, 5.74) is 6.66. The van der Waals surface area contributed by atoms with Gasteiger partial charge in [-0.1, -0.05) is 40.9 Å². The van der Waals surface area contributed by atoms with Gasteiger partial charge in [-0.25, -0.2) is 0 Å². The molecule has 88 valence electrons. The number of hydrogen-bond acceptors (Lipinski definition) is 3. The van der Waals surface area contributed by atoms with Gasteiger partial charge in [-0.05, 0) is 18.2 Å². The summed E-state index contributed by atoms with van der Waals surface area (Å²) in [6.07, 6.45) is 0. The van der Waals surface area contributed by atoms with Gasteiger partial charge in [-0.3, -0.25) is 4.79 Å². The molecular weight excluding hydrogens is 301 g/mol. The van der Waals surface area contributed by atoms with Gasteiger partial charge < -0.3 is 5.73 Å². The van der Waals surface area contributed by atoms with Gasteiger partial charge in [-0.15, -0.1) is 11.3 Å². The third-order valence-electron chi connectivity index (χ3n) is 2.17. The van der Waals surface area contributed by atoms with E-state index < -0.39 is 0 Å². The first-order valence-electron chi connectivity index (χ1n) is 4.54. The van der Waals surface area contributed by atoms with Crippen molar-refractivity contribution in [3.63, 3.8) is 0 Å². The molecule has 0 aliphatic heterocycles. The highest BCUT2D eigenvalue weighted by atomic mass is 35.5. The molecule has 0 amide bonds. The number of halogens is 3. The summed E-state index contributed by atoms with van der Waals surface area (Å²) in [6.45, 7) is 0. The lowest BCUT2D eigenvalue weighted by atomic mass is 10.1. The largest absolute Gasteiger partial charge is 0.398 e.